The molecule has 1 aromatic rings. The van der Waals surface area contributed by atoms with Crippen molar-refractivity contribution in [2.75, 3.05) is 5.75 Å². The maximum Gasteiger partial charge on any atom is 0.191 e. The minimum Gasteiger partial charge on any atom is -0.312 e. The molecule has 16 heavy (non-hydrogen) atoms. The number of Topliss-reactive ketones (excluding diaryl/α,β-unsaturated/α-hetero) is 1. The lowest BCUT2D eigenvalue weighted by molar-refractivity contribution is -0.117. The molecule has 0 saturated carbocycles. The average Bonchev–Trinajstić information content (AvgIpc) is 2.61. The number of aryl methyl sites for hydroxylation is 1. The minimum atomic E-state index is -0.944. The van der Waals surface area contributed by atoms with E-state index in [0.29, 0.717) is 5.16 Å². The van der Waals surface area contributed by atoms with E-state index in [1.54, 1.807) is 11.6 Å². The fraction of sp³-hybridized carbons (Fsp3) is 0.444. The molecule has 0 amide bonds. The second-order valence-electron chi connectivity index (χ2n) is 3.22. The zero-order chi connectivity index (χ0) is 12.1. The van der Waals surface area contributed by atoms with Gasteiger partial charge in [-0.3, -0.25) is 4.79 Å². The van der Waals surface area contributed by atoms with E-state index in [1.165, 1.54) is 25.0 Å². The van der Waals surface area contributed by atoms with Crippen molar-refractivity contribution in [3.8, 4) is 6.07 Å². The summed E-state index contributed by atoms with van der Waals surface area (Å²) >= 11 is 1.21. The van der Waals surface area contributed by atoms with Gasteiger partial charge in [-0.1, -0.05) is 11.8 Å². The molecule has 0 bridgehead atoms. The summed E-state index contributed by atoms with van der Waals surface area (Å²) in [5.74, 6) is -1.09. The van der Waals surface area contributed by atoms with E-state index in [9.17, 15) is 4.79 Å². The van der Waals surface area contributed by atoms with Gasteiger partial charge in [-0.25, -0.2) is 0 Å². The lowest BCUT2D eigenvalue weighted by atomic mass is 10.0. The van der Waals surface area contributed by atoms with Gasteiger partial charge in [-0.2, -0.15) is 5.26 Å². The number of nitrogens with one attached hydrogen (secondary N) is 1. The summed E-state index contributed by atoms with van der Waals surface area (Å²) in [4.78, 5) is 11.6. The van der Waals surface area contributed by atoms with Gasteiger partial charge in [0.25, 0.3) is 0 Å². The molecule has 0 fully saturated rings. The average molecular weight is 237 g/mol. The van der Waals surface area contributed by atoms with E-state index in [2.05, 4.69) is 10.2 Å². The van der Waals surface area contributed by atoms with Crippen LogP contribution in [0.5, 0.6) is 0 Å². The molecule has 6 nitrogen and oxygen atoms in total. The first-order valence-electron chi connectivity index (χ1n) is 4.50. The van der Waals surface area contributed by atoms with Crippen molar-refractivity contribution in [1.82, 2.24) is 14.8 Å². The second-order valence-corrected chi connectivity index (χ2v) is 4.17. The first-order valence-corrected chi connectivity index (χ1v) is 5.49. The Hall–Kier alpha value is -1.68. The Balaban J connectivity index is 2.57. The lowest BCUT2D eigenvalue weighted by Gasteiger charge is -2.05. The second kappa shape index (κ2) is 5.42. The Morgan fingerprint density at radius 1 is 1.81 bits per heavy atom. The highest BCUT2D eigenvalue weighted by Crippen LogP contribution is 2.15. The Morgan fingerprint density at radius 2 is 2.50 bits per heavy atom. The number of aromatic nitrogens is 3. The maximum atomic E-state index is 11.6. The summed E-state index contributed by atoms with van der Waals surface area (Å²) in [5.41, 5.74) is 0.0751. The van der Waals surface area contributed by atoms with Gasteiger partial charge in [-0.15, -0.1) is 10.2 Å². The zero-order valence-corrected chi connectivity index (χ0v) is 9.78. The van der Waals surface area contributed by atoms with Crippen molar-refractivity contribution in [3.63, 3.8) is 0 Å². The largest absolute Gasteiger partial charge is 0.312 e. The first-order chi connectivity index (χ1) is 7.56. The number of nitrogens with zero attached hydrogens (tertiary/aromatic N) is 4. The number of nitriles is 1. The highest BCUT2D eigenvalue weighted by Gasteiger charge is 2.20. The van der Waals surface area contributed by atoms with Gasteiger partial charge in [0.1, 0.15) is 12.2 Å². The lowest BCUT2D eigenvalue weighted by Crippen LogP contribution is -2.21. The van der Waals surface area contributed by atoms with Crippen LogP contribution in [0.25, 0.3) is 0 Å². The third-order valence-electron chi connectivity index (χ3n) is 1.90. The molecule has 1 aromatic heterocycles. The molecule has 1 atom stereocenters. The molecule has 84 valence electrons. The molecule has 0 aliphatic heterocycles. The molecule has 0 radical (unpaired) electrons. The van der Waals surface area contributed by atoms with Crippen LogP contribution < -0.4 is 0 Å². The van der Waals surface area contributed by atoms with Crippen molar-refractivity contribution in [2.45, 2.75) is 12.1 Å². The van der Waals surface area contributed by atoms with E-state index >= 15 is 0 Å². The summed E-state index contributed by atoms with van der Waals surface area (Å²) in [6.45, 7) is 1.46. The molecular formula is C9H11N5OS. The molecule has 0 aromatic carbocycles. The normalized spacial score (nSPS) is 11.8. The Kier molecular flexibility index (Phi) is 4.19. The molecular weight excluding hydrogens is 226 g/mol. The molecule has 1 N–H and O–H groups in total. The van der Waals surface area contributed by atoms with Crippen LogP contribution in [0.3, 0.4) is 0 Å². The third kappa shape index (κ3) is 2.90. The van der Waals surface area contributed by atoms with E-state index < -0.39 is 5.92 Å². The third-order valence-corrected chi connectivity index (χ3v) is 2.95. The van der Waals surface area contributed by atoms with E-state index in [4.69, 9.17) is 10.7 Å². The zero-order valence-electron chi connectivity index (χ0n) is 8.97. The standard InChI is InChI=1S/C9H11N5OS/c1-6(11)7(3-10)8(15)4-16-9-13-12-5-14(9)2/h5,7,11H,4H2,1-2H3. The molecule has 0 aliphatic carbocycles. The van der Waals surface area contributed by atoms with Gasteiger partial charge >= 0.3 is 0 Å². The molecule has 0 spiro atoms. The Labute approximate surface area is 97.2 Å². The molecule has 0 saturated heterocycles. The van der Waals surface area contributed by atoms with Gasteiger partial charge in [0.15, 0.2) is 10.9 Å². The molecule has 0 aliphatic rings. The first kappa shape index (κ1) is 12.4. The van der Waals surface area contributed by atoms with E-state index in [-0.39, 0.29) is 17.2 Å². The van der Waals surface area contributed by atoms with Crippen LogP contribution in [-0.2, 0) is 11.8 Å². The van der Waals surface area contributed by atoms with Crippen LogP contribution in [-0.4, -0.2) is 32.0 Å². The number of ketones is 1. The topological polar surface area (TPSA) is 95.4 Å². The summed E-state index contributed by atoms with van der Waals surface area (Å²) in [7, 11) is 1.77. The quantitative estimate of drug-likeness (QED) is 0.599. The van der Waals surface area contributed by atoms with Gasteiger partial charge in [0.2, 0.25) is 0 Å². The summed E-state index contributed by atoms with van der Waals surface area (Å²) in [6, 6.07) is 1.82. The van der Waals surface area contributed by atoms with Crippen LogP contribution in [0, 0.1) is 22.7 Å². The van der Waals surface area contributed by atoms with Crippen molar-refractivity contribution in [2.24, 2.45) is 13.0 Å². The van der Waals surface area contributed by atoms with Crippen LogP contribution in [0.4, 0.5) is 0 Å². The predicted molar refractivity (Wildman–Crippen MR) is 59.2 cm³/mol. The van der Waals surface area contributed by atoms with Gasteiger partial charge in [-0.05, 0) is 6.92 Å². The monoisotopic (exact) mass is 237 g/mol. The molecule has 1 heterocycles. The van der Waals surface area contributed by atoms with Crippen LogP contribution in [0.1, 0.15) is 6.92 Å². The summed E-state index contributed by atoms with van der Waals surface area (Å²) < 4.78 is 1.69. The minimum absolute atomic E-state index is 0.0751. The number of hydrogen-bond donors (Lipinski definition) is 1. The summed E-state index contributed by atoms with van der Waals surface area (Å²) in [5, 5.41) is 24.1. The SMILES string of the molecule is CC(=N)C(C#N)C(=O)CSc1nncn1C. The fourth-order valence-electron chi connectivity index (χ4n) is 1.03. The predicted octanol–water partition coefficient (Wildman–Crippen LogP) is 0.656. The molecule has 1 rings (SSSR count). The smallest absolute Gasteiger partial charge is 0.191 e. The van der Waals surface area contributed by atoms with Gasteiger partial charge in [0.05, 0.1) is 11.8 Å². The number of hydrogen-bond acceptors (Lipinski definition) is 6. The van der Waals surface area contributed by atoms with E-state index in [1.807, 2.05) is 6.07 Å². The van der Waals surface area contributed by atoms with E-state index in [0.717, 1.165) is 0 Å². The van der Waals surface area contributed by atoms with Crippen molar-refractivity contribution in [3.05, 3.63) is 6.33 Å². The number of carbonyl (C=O) groups excluding carboxylic acids is 1. The highest BCUT2D eigenvalue weighted by atomic mass is 32.2. The Morgan fingerprint density at radius 3 is 2.94 bits per heavy atom. The van der Waals surface area contributed by atoms with Crippen LogP contribution in [0.2, 0.25) is 0 Å². The fourth-order valence-corrected chi connectivity index (χ4v) is 1.83. The summed E-state index contributed by atoms with van der Waals surface area (Å²) in [6.07, 6.45) is 1.54. The number of rotatable bonds is 5. The molecule has 7 heteroatoms. The van der Waals surface area contributed by atoms with Crippen molar-refractivity contribution >= 4 is 23.3 Å². The number of thioether (sulfide) groups is 1. The Bertz CT molecular complexity index is 447. The number of carbonyl (C=O) groups is 1. The van der Waals surface area contributed by atoms with Gasteiger partial charge < -0.3 is 9.98 Å². The van der Waals surface area contributed by atoms with Crippen molar-refractivity contribution in [1.29, 1.82) is 10.7 Å². The van der Waals surface area contributed by atoms with Crippen LogP contribution in [0.15, 0.2) is 11.5 Å². The highest BCUT2D eigenvalue weighted by molar-refractivity contribution is 7.99. The molecule has 1 unspecified atom stereocenters. The van der Waals surface area contributed by atoms with Gasteiger partial charge in [0, 0.05) is 12.8 Å². The van der Waals surface area contributed by atoms with Crippen LogP contribution >= 0.6 is 11.8 Å². The van der Waals surface area contributed by atoms with Crippen molar-refractivity contribution < 1.29 is 4.79 Å². The maximum absolute atomic E-state index is 11.6.